The maximum atomic E-state index is 11.7. The lowest BCUT2D eigenvalue weighted by Gasteiger charge is -2.12. The Balaban J connectivity index is 1.86. The molecule has 2 nitrogen and oxygen atoms in total. The normalized spacial score (nSPS) is 21.2. The van der Waals surface area contributed by atoms with Gasteiger partial charge in [-0.1, -0.05) is 36.8 Å². The fraction of sp³-hybridized carbons (Fsp3) is 0.462. The summed E-state index contributed by atoms with van der Waals surface area (Å²) in [7, 11) is 0. The highest BCUT2D eigenvalue weighted by Gasteiger charge is 2.20. The van der Waals surface area contributed by atoms with Gasteiger partial charge in [0, 0.05) is 12.3 Å². The van der Waals surface area contributed by atoms with Crippen LogP contribution < -0.4 is 5.32 Å². The van der Waals surface area contributed by atoms with E-state index < -0.39 is 0 Å². The van der Waals surface area contributed by atoms with Crippen molar-refractivity contribution in [2.24, 2.45) is 0 Å². The molecule has 86 valence electrons. The van der Waals surface area contributed by atoms with Gasteiger partial charge in [-0.25, -0.2) is 0 Å². The van der Waals surface area contributed by atoms with Crippen LogP contribution in [0.25, 0.3) is 0 Å². The summed E-state index contributed by atoms with van der Waals surface area (Å²) < 4.78 is 0. The molecule has 1 aromatic rings. The summed E-state index contributed by atoms with van der Waals surface area (Å²) in [5, 5.41) is 3.11. The average molecular weight is 235 g/mol. The molecule has 1 N–H and O–H groups in total. The zero-order chi connectivity index (χ0) is 11.2. The predicted octanol–water partition coefficient (Wildman–Crippen LogP) is 2.59. The molecule has 3 heteroatoms. The molecule has 0 aromatic heterocycles. The summed E-state index contributed by atoms with van der Waals surface area (Å²) in [5.74, 6) is 1.15. The lowest BCUT2D eigenvalue weighted by Crippen LogP contribution is -2.30. The van der Waals surface area contributed by atoms with Crippen LogP contribution in [0.2, 0.25) is 0 Å². The third-order valence-electron chi connectivity index (χ3n) is 2.78. The van der Waals surface area contributed by atoms with E-state index in [9.17, 15) is 4.79 Å². The Morgan fingerprint density at radius 2 is 2.06 bits per heavy atom. The summed E-state index contributed by atoms with van der Waals surface area (Å²) in [6.45, 7) is 0.848. The lowest BCUT2D eigenvalue weighted by atomic mass is 10.2. The van der Waals surface area contributed by atoms with Crippen molar-refractivity contribution in [1.29, 1.82) is 0 Å². The van der Waals surface area contributed by atoms with E-state index >= 15 is 0 Å². The number of rotatable bonds is 3. The fourth-order valence-electron chi connectivity index (χ4n) is 1.84. The Morgan fingerprint density at radius 1 is 1.25 bits per heavy atom. The first-order valence-electron chi connectivity index (χ1n) is 5.79. The van der Waals surface area contributed by atoms with Crippen LogP contribution in [-0.4, -0.2) is 17.7 Å². The van der Waals surface area contributed by atoms with Crippen molar-refractivity contribution < 1.29 is 4.79 Å². The summed E-state index contributed by atoms with van der Waals surface area (Å²) in [4.78, 5) is 11.7. The number of carbonyl (C=O) groups excluding carboxylic acids is 1. The highest BCUT2D eigenvalue weighted by atomic mass is 32.2. The van der Waals surface area contributed by atoms with Crippen molar-refractivity contribution in [3.8, 4) is 0 Å². The van der Waals surface area contributed by atoms with Crippen molar-refractivity contribution in [3.63, 3.8) is 0 Å². The molecule has 16 heavy (non-hydrogen) atoms. The molecule has 1 aliphatic rings. The number of nitrogens with one attached hydrogen (secondary N) is 1. The van der Waals surface area contributed by atoms with Crippen molar-refractivity contribution in [2.75, 3.05) is 6.54 Å². The second kappa shape index (κ2) is 5.94. The number of hydrogen-bond donors (Lipinski definition) is 1. The van der Waals surface area contributed by atoms with Crippen LogP contribution in [0.5, 0.6) is 0 Å². The van der Waals surface area contributed by atoms with Gasteiger partial charge in [0.2, 0.25) is 5.91 Å². The summed E-state index contributed by atoms with van der Waals surface area (Å²) >= 11 is 1.76. The molecule has 0 bridgehead atoms. The Morgan fingerprint density at radius 3 is 2.88 bits per heavy atom. The molecule has 1 aliphatic heterocycles. The Kier molecular flexibility index (Phi) is 4.28. The van der Waals surface area contributed by atoms with E-state index in [1.165, 1.54) is 5.56 Å². The molecule has 1 saturated heterocycles. The van der Waals surface area contributed by atoms with Gasteiger partial charge >= 0.3 is 0 Å². The van der Waals surface area contributed by atoms with Gasteiger partial charge < -0.3 is 5.32 Å². The second-order valence-electron chi connectivity index (χ2n) is 4.07. The maximum absolute atomic E-state index is 11.7. The minimum Gasteiger partial charge on any atom is -0.355 e. The average Bonchev–Trinajstić information content (AvgIpc) is 2.53. The molecule has 0 spiro atoms. The molecule has 1 aromatic carbocycles. The van der Waals surface area contributed by atoms with Gasteiger partial charge in [0.1, 0.15) is 0 Å². The number of amides is 1. The molecule has 2 rings (SSSR count). The lowest BCUT2D eigenvalue weighted by molar-refractivity contribution is -0.120. The largest absolute Gasteiger partial charge is 0.355 e. The third kappa shape index (κ3) is 3.27. The highest BCUT2D eigenvalue weighted by Crippen LogP contribution is 2.23. The minimum absolute atomic E-state index is 0.141. The molecule has 1 heterocycles. The van der Waals surface area contributed by atoms with Crippen molar-refractivity contribution in [2.45, 2.75) is 30.3 Å². The molecular weight excluding hydrogens is 218 g/mol. The minimum atomic E-state index is 0.141. The fourth-order valence-corrected chi connectivity index (χ4v) is 3.00. The van der Waals surface area contributed by atoms with Gasteiger partial charge in [0.05, 0.1) is 5.25 Å². The van der Waals surface area contributed by atoms with E-state index in [0.717, 1.165) is 31.6 Å². The van der Waals surface area contributed by atoms with Crippen LogP contribution >= 0.6 is 11.8 Å². The van der Waals surface area contributed by atoms with Crippen LogP contribution in [-0.2, 0) is 10.5 Å². The van der Waals surface area contributed by atoms with Crippen LogP contribution in [0.1, 0.15) is 24.8 Å². The van der Waals surface area contributed by atoms with Gasteiger partial charge in [-0.15, -0.1) is 11.8 Å². The molecule has 0 unspecified atom stereocenters. The zero-order valence-corrected chi connectivity index (χ0v) is 10.1. The van der Waals surface area contributed by atoms with E-state index in [-0.39, 0.29) is 11.2 Å². The standard InChI is InChI=1S/C13H17NOS/c15-13-12(8-4-5-9-14-13)16-10-11-6-2-1-3-7-11/h1-3,6-7,12H,4-5,8-10H2,(H,14,15)/t12-/m0/s1. The van der Waals surface area contributed by atoms with Crippen LogP contribution in [0, 0.1) is 0 Å². The van der Waals surface area contributed by atoms with Crippen LogP contribution in [0.3, 0.4) is 0 Å². The number of thioether (sulfide) groups is 1. The van der Waals surface area contributed by atoms with E-state index in [1.54, 1.807) is 11.8 Å². The van der Waals surface area contributed by atoms with E-state index in [0.29, 0.717) is 0 Å². The van der Waals surface area contributed by atoms with E-state index in [2.05, 4.69) is 17.4 Å². The quantitative estimate of drug-likeness (QED) is 0.872. The maximum Gasteiger partial charge on any atom is 0.233 e. The van der Waals surface area contributed by atoms with Gasteiger partial charge in [-0.2, -0.15) is 0 Å². The predicted molar refractivity (Wildman–Crippen MR) is 68.4 cm³/mol. The van der Waals surface area contributed by atoms with Gasteiger partial charge in [0.25, 0.3) is 0 Å². The first kappa shape index (κ1) is 11.5. The van der Waals surface area contributed by atoms with E-state index in [4.69, 9.17) is 0 Å². The Labute approximate surface area is 101 Å². The second-order valence-corrected chi connectivity index (χ2v) is 5.26. The molecule has 0 saturated carbocycles. The molecule has 1 atom stereocenters. The first-order chi connectivity index (χ1) is 7.86. The van der Waals surface area contributed by atoms with Crippen molar-refractivity contribution in [1.82, 2.24) is 5.32 Å². The third-order valence-corrected chi connectivity index (χ3v) is 4.13. The first-order valence-corrected chi connectivity index (χ1v) is 6.84. The Hall–Kier alpha value is -0.960. The van der Waals surface area contributed by atoms with Crippen molar-refractivity contribution in [3.05, 3.63) is 35.9 Å². The topological polar surface area (TPSA) is 29.1 Å². The Bertz CT molecular complexity index is 339. The van der Waals surface area contributed by atoms with Crippen LogP contribution in [0.15, 0.2) is 30.3 Å². The zero-order valence-electron chi connectivity index (χ0n) is 9.32. The summed E-state index contributed by atoms with van der Waals surface area (Å²) in [6.07, 6.45) is 3.29. The van der Waals surface area contributed by atoms with Crippen molar-refractivity contribution >= 4 is 17.7 Å². The smallest absolute Gasteiger partial charge is 0.233 e. The molecule has 0 radical (unpaired) electrons. The monoisotopic (exact) mass is 235 g/mol. The molecule has 1 amide bonds. The van der Waals surface area contributed by atoms with Crippen LogP contribution in [0.4, 0.5) is 0 Å². The number of benzene rings is 1. The SMILES string of the molecule is O=C1NCCCC[C@@H]1SCc1ccccc1. The molecule has 1 fully saturated rings. The number of carbonyl (C=O) groups is 1. The summed E-state index contributed by atoms with van der Waals surface area (Å²) in [6, 6.07) is 10.3. The molecule has 0 aliphatic carbocycles. The summed E-state index contributed by atoms with van der Waals surface area (Å²) in [5.41, 5.74) is 1.30. The van der Waals surface area contributed by atoms with Gasteiger partial charge in [-0.05, 0) is 18.4 Å². The molecular formula is C13H17NOS. The number of hydrogen-bond acceptors (Lipinski definition) is 2. The van der Waals surface area contributed by atoms with E-state index in [1.807, 2.05) is 18.2 Å². The van der Waals surface area contributed by atoms with Gasteiger partial charge in [-0.3, -0.25) is 4.79 Å². The highest BCUT2D eigenvalue weighted by molar-refractivity contribution is 7.99. The van der Waals surface area contributed by atoms with Gasteiger partial charge in [0.15, 0.2) is 0 Å².